The second-order valence-corrected chi connectivity index (χ2v) is 6.71. The fourth-order valence-corrected chi connectivity index (χ4v) is 3.22. The monoisotopic (exact) mass is 335 g/mol. The maximum atomic E-state index is 9.52. The summed E-state index contributed by atoms with van der Waals surface area (Å²) in [6.45, 7) is 2.88. The molecule has 0 amide bonds. The molecule has 0 radical (unpaired) electrons. The highest BCUT2D eigenvalue weighted by atomic mass is 79.9. The Balaban J connectivity index is 1.82. The van der Waals surface area contributed by atoms with Crippen LogP contribution in [0, 0.1) is 22.7 Å². The van der Waals surface area contributed by atoms with Gasteiger partial charge in [-0.2, -0.15) is 5.26 Å². The van der Waals surface area contributed by atoms with Crippen LogP contribution in [0.1, 0.15) is 45.4 Å². The fraction of sp³-hybridized carbons (Fsp3) is 0.588. The van der Waals surface area contributed by atoms with Crippen molar-refractivity contribution in [1.29, 1.82) is 5.26 Å². The molecule has 3 heteroatoms. The second-order valence-electron chi connectivity index (χ2n) is 5.80. The van der Waals surface area contributed by atoms with Crippen molar-refractivity contribution in [3.05, 3.63) is 28.7 Å². The number of hydrogen-bond donors (Lipinski definition) is 0. The third-order valence-electron chi connectivity index (χ3n) is 4.54. The van der Waals surface area contributed by atoms with Crippen molar-refractivity contribution in [3.8, 4) is 11.8 Å². The SMILES string of the molecule is CCC1CCC(C#N)(CCOc2ccc(Br)cc2)CC1. The lowest BCUT2D eigenvalue weighted by molar-refractivity contribution is 0.161. The van der Waals surface area contributed by atoms with Gasteiger partial charge in [-0.15, -0.1) is 0 Å². The molecule has 0 aromatic heterocycles. The number of nitriles is 1. The van der Waals surface area contributed by atoms with Gasteiger partial charge in [-0.3, -0.25) is 0 Å². The minimum absolute atomic E-state index is 0.152. The highest BCUT2D eigenvalue weighted by Crippen LogP contribution is 2.42. The smallest absolute Gasteiger partial charge is 0.119 e. The van der Waals surface area contributed by atoms with E-state index >= 15 is 0 Å². The molecular formula is C17H22BrNO. The van der Waals surface area contributed by atoms with Crippen molar-refractivity contribution >= 4 is 15.9 Å². The first-order valence-electron chi connectivity index (χ1n) is 7.47. The Kier molecular flexibility index (Phi) is 5.48. The molecule has 1 aromatic carbocycles. The summed E-state index contributed by atoms with van der Waals surface area (Å²) in [5, 5.41) is 9.52. The van der Waals surface area contributed by atoms with Crippen LogP contribution in [0.15, 0.2) is 28.7 Å². The molecule has 0 saturated heterocycles. The van der Waals surface area contributed by atoms with Gasteiger partial charge in [0, 0.05) is 10.9 Å². The van der Waals surface area contributed by atoms with Gasteiger partial charge in [-0.25, -0.2) is 0 Å². The van der Waals surface area contributed by atoms with Gasteiger partial charge in [0.05, 0.1) is 18.1 Å². The lowest BCUT2D eigenvalue weighted by Crippen LogP contribution is -2.27. The van der Waals surface area contributed by atoms with Crippen LogP contribution in [-0.4, -0.2) is 6.61 Å². The summed E-state index contributed by atoms with van der Waals surface area (Å²) in [5.74, 6) is 1.70. The fourth-order valence-electron chi connectivity index (χ4n) is 2.95. The van der Waals surface area contributed by atoms with Crippen molar-refractivity contribution in [3.63, 3.8) is 0 Å². The highest BCUT2D eigenvalue weighted by molar-refractivity contribution is 9.10. The van der Waals surface area contributed by atoms with E-state index in [0.717, 1.165) is 35.4 Å². The molecule has 1 aliphatic rings. The van der Waals surface area contributed by atoms with Crippen molar-refractivity contribution < 1.29 is 4.74 Å². The molecule has 2 nitrogen and oxygen atoms in total. The summed E-state index contributed by atoms with van der Waals surface area (Å²) in [6, 6.07) is 10.4. The minimum atomic E-state index is -0.152. The molecular weight excluding hydrogens is 314 g/mol. The van der Waals surface area contributed by atoms with E-state index in [1.54, 1.807) is 0 Å². The van der Waals surface area contributed by atoms with Gasteiger partial charge in [0.25, 0.3) is 0 Å². The van der Waals surface area contributed by atoms with Crippen LogP contribution in [0.5, 0.6) is 5.75 Å². The van der Waals surface area contributed by atoms with E-state index in [1.165, 1.54) is 19.3 Å². The van der Waals surface area contributed by atoms with Gasteiger partial charge < -0.3 is 4.74 Å². The molecule has 0 N–H and O–H groups in total. The number of rotatable bonds is 5. The zero-order chi connectivity index (χ0) is 14.4. The largest absolute Gasteiger partial charge is 0.494 e. The molecule has 0 unspecified atom stereocenters. The molecule has 20 heavy (non-hydrogen) atoms. The maximum Gasteiger partial charge on any atom is 0.119 e. The second kappa shape index (κ2) is 7.13. The first-order chi connectivity index (χ1) is 9.67. The first-order valence-corrected chi connectivity index (χ1v) is 8.26. The number of hydrogen-bond acceptors (Lipinski definition) is 2. The summed E-state index contributed by atoms with van der Waals surface area (Å²) in [5.41, 5.74) is -0.152. The van der Waals surface area contributed by atoms with E-state index in [-0.39, 0.29) is 5.41 Å². The van der Waals surface area contributed by atoms with Crippen LogP contribution in [0.4, 0.5) is 0 Å². The molecule has 2 rings (SSSR count). The lowest BCUT2D eigenvalue weighted by Gasteiger charge is -2.34. The van der Waals surface area contributed by atoms with Crippen LogP contribution < -0.4 is 4.74 Å². The number of halogens is 1. The lowest BCUT2D eigenvalue weighted by atomic mass is 9.69. The van der Waals surface area contributed by atoms with Gasteiger partial charge in [-0.1, -0.05) is 29.3 Å². The van der Waals surface area contributed by atoms with Crippen LogP contribution in [0.2, 0.25) is 0 Å². The Morgan fingerprint density at radius 3 is 2.50 bits per heavy atom. The molecule has 0 atom stereocenters. The summed E-state index contributed by atoms with van der Waals surface area (Å²) < 4.78 is 6.82. The Morgan fingerprint density at radius 2 is 1.95 bits per heavy atom. The predicted molar refractivity (Wildman–Crippen MR) is 84.5 cm³/mol. The van der Waals surface area contributed by atoms with E-state index in [2.05, 4.69) is 28.9 Å². The molecule has 1 saturated carbocycles. The summed E-state index contributed by atoms with van der Waals surface area (Å²) >= 11 is 3.41. The van der Waals surface area contributed by atoms with E-state index < -0.39 is 0 Å². The molecule has 0 bridgehead atoms. The maximum absolute atomic E-state index is 9.52. The number of benzene rings is 1. The van der Waals surface area contributed by atoms with Gasteiger partial charge in [-0.05, 0) is 55.9 Å². The highest BCUT2D eigenvalue weighted by Gasteiger charge is 2.34. The first kappa shape index (κ1) is 15.4. The van der Waals surface area contributed by atoms with Gasteiger partial charge >= 0.3 is 0 Å². The summed E-state index contributed by atoms with van der Waals surface area (Å²) in [7, 11) is 0. The zero-order valence-electron chi connectivity index (χ0n) is 12.1. The molecule has 0 aliphatic heterocycles. The Bertz CT molecular complexity index is 455. The number of nitrogens with zero attached hydrogens (tertiary/aromatic N) is 1. The van der Waals surface area contributed by atoms with Crippen molar-refractivity contribution in [1.82, 2.24) is 0 Å². The molecule has 108 valence electrons. The predicted octanol–water partition coefficient (Wildman–Crippen LogP) is 5.33. The Labute approximate surface area is 130 Å². The van der Waals surface area contributed by atoms with Gasteiger partial charge in [0.1, 0.15) is 5.75 Å². The van der Waals surface area contributed by atoms with Crippen LogP contribution in [-0.2, 0) is 0 Å². The topological polar surface area (TPSA) is 33.0 Å². The van der Waals surface area contributed by atoms with Crippen LogP contribution in [0.3, 0.4) is 0 Å². The van der Waals surface area contributed by atoms with Crippen LogP contribution in [0.25, 0.3) is 0 Å². The third kappa shape index (κ3) is 3.99. The molecule has 1 aliphatic carbocycles. The quantitative estimate of drug-likeness (QED) is 0.728. The van der Waals surface area contributed by atoms with Crippen LogP contribution >= 0.6 is 15.9 Å². The van der Waals surface area contributed by atoms with E-state index in [1.807, 2.05) is 24.3 Å². The van der Waals surface area contributed by atoms with E-state index in [0.29, 0.717) is 6.61 Å². The Hall–Kier alpha value is -1.01. The van der Waals surface area contributed by atoms with E-state index in [9.17, 15) is 5.26 Å². The van der Waals surface area contributed by atoms with E-state index in [4.69, 9.17) is 4.74 Å². The average Bonchev–Trinajstić information content (AvgIpc) is 2.50. The van der Waals surface area contributed by atoms with Gasteiger partial charge in [0.2, 0.25) is 0 Å². The normalized spacial score (nSPS) is 25.9. The van der Waals surface area contributed by atoms with Gasteiger partial charge in [0.15, 0.2) is 0 Å². The Morgan fingerprint density at radius 1 is 1.30 bits per heavy atom. The molecule has 1 aromatic rings. The molecule has 0 spiro atoms. The number of ether oxygens (including phenoxy) is 1. The zero-order valence-corrected chi connectivity index (χ0v) is 13.7. The minimum Gasteiger partial charge on any atom is -0.494 e. The standard InChI is InChI=1S/C17H22BrNO/c1-2-14-7-9-17(13-19,10-8-14)11-12-20-16-5-3-15(18)4-6-16/h3-6,14H,2,7-12H2,1H3. The third-order valence-corrected chi connectivity index (χ3v) is 5.07. The van der Waals surface area contributed by atoms with Crippen molar-refractivity contribution in [2.24, 2.45) is 11.3 Å². The molecule has 1 fully saturated rings. The summed E-state index contributed by atoms with van der Waals surface area (Å²) in [4.78, 5) is 0. The summed E-state index contributed by atoms with van der Waals surface area (Å²) in [6.07, 6.45) is 6.55. The molecule has 0 heterocycles. The van der Waals surface area contributed by atoms with Crippen molar-refractivity contribution in [2.75, 3.05) is 6.61 Å². The van der Waals surface area contributed by atoms with Crippen molar-refractivity contribution in [2.45, 2.75) is 45.4 Å². The average molecular weight is 336 g/mol.